The molecule has 4 N–H and O–H groups in total. The third-order valence-electron chi connectivity index (χ3n) is 1.45. The van der Waals surface area contributed by atoms with Crippen LogP contribution in [-0.2, 0) is 6.54 Å². The van der Waals surface area contributed by atoms with Gasteiger partial charge in [-0.25, -0.2) is 0 Å². The summed E-state index contributed by atoms with van der Waals surface area (Å²) in [5.74, 6) is 0. The molecule has 64 valence electrons. The molecule has 5 heteroatoms. The average molecular weight is 167 g/mol. The maximum absolute atomic E-state index is 10.3. The van der Waals surface area contributed by atoms with Gasteiger partial charge >= 0.3 is 0 Å². The van der Waals surface area contributed by atoms with E-state index in [2.05, 4.69) is 0 Å². The van der Waals surface area contributed by atoms with E-state index >= 15 is 0 Å². The zero-order chi connectivity index (χ0) is 9.14. The molecule has 1 rings (SSSR count). The third-order valence-corrected chi connectivity index (χ3v) is 1.45. The highest BCUT2D eigenvalue weighted by atomic mass is 16.6. The molecule has 0 aliphatic heterocycles. The zero-order valence-corrected chi connectivity index (χ0v) is 6.36. The van der Waals surface area contributed by atoms with Gasteiger partial charge < -0.3 is 11.5 Å². The highest BCUT2D eigenvalue weighted by Crippen LogP contribution is 2.17. The van der Waals surface area contributed by atoms with Crippen LogP contribution < -0.4 is 11.5 Å². The van der Waals surface area contributed by atoms with E-state index in [1.807, 2.05) is 0 Å². The molecule has 0 unspecified atom stereocenters. The lowest BCUT2D eigenvalue weighted by molar-refractivity contribution is -0.384. The molecule has 0 aromatic heterocycles. The van der Waals surface area contributed by atoms with Crippen LogP contribution >= 0.6 is 0 Å². The van der Waals surface area contributed by atoms with Crippen molar-refractivity contribution < 1.29 is 4.92 Å². The smallest absolute Gasteiger partial charge is 0.271 e. The van der Waals surface area contributed by atoms with Crippen molar-refractivity contribution in [2.45, 2.75) is 6.54 Å². The number of rotatable bonds is 2. The van der Waals surface area contributed by atoms with Gasteiger partial charge in [-0.1, -0.05) is 0 Å². The normalized spacial score (nSPS) is 9.75. The van der Waals surface area contributed by atoms with Gasteiger partial charge in [-0.05, 0) is 11.6 Å². The summed E-state index contributed by atoms with van der Waals surface area (Å²) in [7, 11) is 0. The number of hydrogen-bond acceptors (Lipinski definition) is 4. The standard InChI is InChI=1S/C7H9N3O2/c8-4-5-1-6(9)3-7(2-5)10(11)12/h1-3H,4,8-9H2. The number of nitrogens with zero attached hydrogens (tertiary/aromatic N) is 1. The van der Waals surface area contributed by atoms with Crippen LogP contribution in [0.3, 0.4) is 0 Å². The highest BCUT2D eigenvalue weighted by Gasteiger charge is 2.06. The summed E-state index contributed by atoms with van der Waals surface area (Å²) in [5, 5.41) is 10.3. The molecule has 0 amide bonds. The molecule has 12 heavy (non-hydrogen) atoms. The summed E-state index contributed by atoms with van der Waals surface area (Å²) < 4.78 is 0. The van der Waals surface area contributed by atoms with Crippen molar-refractivity contribution in [2.24, 2.45) is 5.73 Å². The first kappa shape index (κ1) is 8.48. The fourth-order valence-electron chi connectivity index (χ4n) is 0.923. The van der Waals surface area contributed by atoms with E-state index < -0.39 is 4.92 Å². The van der Waals surface area contributed by atoms with Crippen LogP contribution in [0, 0.1) is 10.1 Å². The van der Waals surface area contributed by atoms with E-state index in [1.54, 1.807) is 6.07 Å². The van der Waals surface area contributed by atoms with Crippen molar-refractivity contribution in [3.63, 3.8) is 0 Å². The predicted molar refractivity (Wildman–Crippen MR) is 45.4 cm³/mol. The first-order chi connectivity index (χ1) is 5.63. The second-order valence-corrected chi connectivity index (χ2v) is 2.39. The van der Waals surface area contributed by atoms with Gasteiger partial charge in [0.2, 0.25) is 0 Å². The quantitative estimate of drug-likeness (QED) is 0.383. The summed E-state index contributed by atoms with van der Waals surface area (Å²) >= 11 is 0. The van der Waals surface area contributed by atoms with Gasteiger partial charge in [0.15, 0.2) is 0 Å². The Balaban J connectivity index is 3.15. The minimum Gasteiger partial charge on any atom is -0.399 e. The molecule has 0 spiro atoms. The fourth-order valence-corrected chi connectivity index (χ4v) is 0.923. The van der Waals surface area contributed by atoms with E-state index in [0.717, 1.165) is 0 Å². The van der Waals surface area contributed by atoms with E-state index in [9.17, 15) is 10.1 Å². The first-order valence-corrected chi connectivity index (χ1v) is 3.37. The number of nitrogen functional groups attached to an aromatic ring is 1. The van der Waals surface area contributed by atoms with Gasteiger partial charge in [0.25, 0.3) is 5.69 Å². The Kier molecular flexibility index (Phi) is 2.25. The van der Waals surface area contributed by atoms with Crippen LogP contribution in [0.1, 0.15) is 5.56 Å². The SMILES string of the molecule is NCc1cc(N)cc([N+](=O)[O-])c1. The summed E-state index contributed by atoms with van der Waals surface area (Å²) in [6.45, 7) is 0.256. The Labute approximate surface area is 69.1 Å². The number of hydrogen-bond donors (Lipinski definition) is 2. The maximum atomic E-state index is 10.3. The van der Waals surface area contributed by atoms with E-state index in [4.69, 9.17) is 11.5 Å². The van der Waals surface area contributed by atoms with Crippen LogP contribution in [0.2, 0.25) is 0 Å². The summed E-state index contributed by atoms with van der Waals surface area (Å²) in [6, 6.07) is 4.34. The molecule has 0 radical (unpaired) electrons. The Morgan fingerprint density at radius 2 is 2.08 bits per heavy atom. The number of benzene rings is 1. The van der Waals surface area contributed by atoms with E-state index in [-0.39, 0.29) is 12.2 Å². The second kappa shape index (κ2) is 3.19. The number of anilines is 1. The molecule has 0 fully saturated rings. The van der Waals surface area contributed by atoms with Crippen LogP contribution in [0.5, 0.6) is 0 Å². The second-order valence-electron chi connectivity index (χ2n) is 2.39. The maximum Gasteiger partial charge on any atom is 0.271 e. The van der Waals surface area contributed by atoms with Crippen LogP contribution in [0.25, 0.3) is 0 Å². The first-order valence-electron chi connectivity index (χ1n) is 3.37. The molecular weight excluding hydrogens is 158 g/mol. The molecule has 1 aromatic carbocycles. The minimum atomic E-state index is -0.491. The van der Waals surface area contributed by atoms with Gasteiger partial charge in [-0.2, -0.15) is 0 Å². The molecule has 5 nitrogen and oxygen atoms in total. The van der Waals surface area contributed by atoms with Gasteiger partial charge in [0.05, 0.1) is 4.92 Å². The van der Waals surface area contributed by atoms with Crippen LogP contribution in [0.15, 0.2) is 18.2 Å². The van der Waals surface area contributed by atoms with Crippen molar-refractivity contribution in [1.29, 1.82) is 0 Å². The molecule has 1 aromatic rings. The third kappa shape index (κ3) is 1.70. The van der Waals surface area contributed by atoms with Crippen molar-refractivity contribution >= 4 is 11.4 Å². The van der Waals surface area contributed by atoms with Crippen LogP contribution in [-0.4, -0.2) is 4.92 Å². The number of nitrogens with two attached hydrogens (primary N) is 2. The molecule has 0 atom stereocenters. The molecule has 0 aliphatic rings. The van der Waals surface area contributed by atoms with Crippen molar-refractivity contribution in [2.75, 3.05) is 5.73 Å². The lowest BCUT2D eigenvalue weighted by atomic mass is 10.2. The predicted octanol–water partition coefficient (Wildman–Crippen LogP) is 0.636. The monoisotopic (exact) mass is 167 g/mol. The number of nitro groups is 1. The molecule has 0 aliphatic carbocycles. The van der Waals surface area contributed by atoms with Gasteiger partial charge in [0, 0.05) is 24.4 Å². The Hall–Kier alpha value is -1.62. The lowest BCUT2D eigenvalue weighted by Gasteiger charge is -1.98. The highest BCUT2D eigenvalue weighted by molar-refractivity contribution is 5.50. The van der Waals surface area contributed by atoms with E-state index in [1.165, 1.54) is 12.1 Å². The summed E-state index contributed by atoms with van der Waals surface area (Å²) in [4.78, 5) is 9.84. The van der Waals surface area contributed by atoms with Gasteiger partial charge in [-0.3, -0.25) is 10.1 Å². The Morgan fingerprint density at radius 3 is 2.58 bits per heavy atom. The summed E-state index contributed by atoms with van der Waals surface area (Å²) in [6.07, 6.45) is 0. The van der Waals surface area contributed by atoms with Crippen molar-refractivity contribution in [1.82, 2.24) is 0 Å². The molecule has 0 saturated carbocycles. The Morgan fingerprint density at radius 1 is 1.42 bits per heavy atom. The number of nitro benzene ring substituents is 1. The molecular formula is C7H9N3O2. The largest absolute Gasteiger partial charge is 0.399 e. The van der Waals surface area contributed by atoms with Gasteiger partial charge in [0.1, 0.15) is 0 Å². The lowest BCUT2D eigenvalue weighted by Crippen LogP contribution is -1.99. The average Bonchev–Trinajstić information content (AvgIpc) is 2.03. The van der Waals surface area contributed by atoms with Crippen LogP contribution in [0.4, 0.5) is 11.4 Å². The topological polar surface area (TPSA) is 95.2 Å². The fraction of sp³-hybridized carbons (Fsp3) is 0.143. The van der Waals surface area contributed by atoms with E-state index in [0.29, 0.717) is 11.3 Å². The van der Waals surface area contributed by atoms with Crippen molar-refractivity contribution in [3.8, 4) is 0 Å². The minimum absolute atomic E-state index is 0.0181. The summed E-state index contributed by atoms with van der Waals surface area (Å²) in [5.41, 5.74) is 11.7. The number of non-ortho nitro benzene ring substituents is 1. The molecule has 0 bridgehead atoms. The molecule has 0 saturated heterocycles. The molecule has 0 heterocycles. The Bertz CT molecular complexity index is 312. The van der Waals surface area contributed by atoms with Gasteiger partial charge in [-0.15, -0.1) is 0 Å². The zero-order valence-electron chi connectivity index (χ0n) is 6.36. The van der Waals surface area contributed by atoms with Crippen molar-refractivity contribution in [3.05, 3.63) is 33.9 Å².